The van der Waals surface area contributed by atoms with Crippen LogP contribution in [0.5, 0.6) is 5.75 Å². The highest BCUT2D eigenvalue weighted by Crippen LogP contribution is 2.25. The minimum atomic E-state index is -0.297. The zero-order valence-corrected chi connectivity index (χ0v) is 12.4. The van der Waals surface area contributed by atoms with Gasteiger partial charge in [-0.2, -0.15) is 0 Å². The minimum absolute atomic E-state index is 0.0644. The SMILES string of the molecule is CCC(CC)(CO)CNC(=O)Nc1ccccc1OC. The lowest BCUT2D eigenvalue weighted by Gasteiger charge is -2.29. The minimum Gasteiger partial charge on any atom is -0.495 e. The van der Waals surface area contributed by atoms with Crippen LogP contribution in [0.2, 0.25) is 0 Å². The van der Waals surface area contributed by atoms with Crippen molar-refractivity contribution < 1.29 is 14.6 Å². The molecule has 0 fully saturated rings. The molecule has 3 N–H and O–H groups in total. The van der Waals surface area contributed by atoms with Crippen LogP contribution < -0.4 is 15.4 Å². The van der Waals surface area contributed by atoms with E-state index in [-0.39, 0.29) is 18.1 Å². The maximum Gasteiger partial charge on any atom is 0.319 e. The van der Waals surface area contributed by atoms with E-state index in [4.69, 9.17) is 4.74 Å². The molecule has 0 spiro atoms. The molecule has 1 aromatic rings. The first-order valence-corrected chi connectivity index (χ1v) is 6.89. The molecule has 2 amide bonds. The van der Waals surface area contributed by atoms with Crippen LogP contribution in [0.15, 0.2) is 24.3 Å². The number of benzene rings is 1. The average Bonchev–Trinajstić information content (AvgIpc) is 2.50. The van der Waals surface area contributed by atoms with Crippen LogP contribution in [0.25, 0.3) is 0 Å². The molecule has 0 aromatic heterocycles. The summed E-state index contributed by atoms with van der Waals surface area (Å²) in [5, 5.41) is 15.0. The van der Waals surface area contributed by atoms with Crippen molar-refractivity contribution in [1.29, 1.82) is 0 Å². The topological polar surface area (TPSA) is 70.6 Å². The number of urea groups is 1. The van der Waals surface area contributed by atoms with E-state index in [1.165, 1.54) is 0 Å². The quantitative estimate of drug-likeness (QED) is 0.719. The highest BCUT2D eigenvalue weighted by atomic mass is 16.5. The number of methoxy groups -OCH3 is 1. The summed E-state index contributed by atoms with van der Waals surface area (Å²) < 4.78 is 5.17. The summed E-state index contributed by atoms with van der Waals surface area (Å²) in [7, 11) is 1.56. The summed E-state index contributed by atoms with van der Waals surface area (Å²) in [6.45, 7) is 4.53. The molecule has 0 aliphatic heterocycles. The third kappa shape index (κ3) is 4.13. The second-order valence-electron chi connectivity index (χ2n) is 4.87. The number of aliphatic hydroxyl groups excluding tert-OH is 1. The van der Waals surface area contributed by atoms with E-state index in [0.717, 1.165) is 12.8 Å². The number of carbonyl (C=O) groups excluding carboxylic acids is 1. The van der Waals surface area contributed by atoms with Gasteiger partial charge in [0.15, 0.2) is 0 Å². The number of carbonyl (C=O) groups is 1. The van der Waals surface area contributed by atoms with Gasteiger partial charge >= 0.3 is 6.03 Å². The average molecular weight is 280 g/mol. The lowest BCUT2D eigenvalue weighted by Crippen LogP contribution is -2.41. The summed E-state index contributed by atoms with van der Waals surface area (Å²) in [6, 6.07) is 6.93. The highest BCUT2D eigenvalue weighted by molar-refractivity contribution is 5.90. The van der Waals surface area contributed by atoms with E-state index in [1.807, 2.05) is 26.0 Å². The number of anilines is 1. The number of ether oxygens (including phenoxy) is 1. The largest absolute Gasteiger partial charge is 0.495 e. The third-order valence-corrected chi connectivity index (χ3v) is 3.81. The Morgan fingerprint density at radius 3 is 2.50 bits per heavy atom. The monoisotopic (exact) mass is 280 g/mol. The summed E-state index contributed by atoms with van der Waals surface area (Å²) in [6.07, 6.45) is 1.63. The molecule has 0 aliphatic carbocycles. The molecule has 0 atom stereocenters. The molecule has 5 heteroatoms. The Kier molecular flexibility index (Phi) is 6.31. The molecule has 0 aliphatic rings. The molecule has 0 unspecified atom stereocenters. The maximum absolute atomic E-state index is 11.9. The molecule has 0 heterocycles. The van der Waals surface area contributed by atoms with Crippen molar-refractivity contribution in [3.63, 3.8) is 0 Å². The smallest absolute Gasteiger partial charge is 0.319 e. The first-order chi connectivity index (χ1) is 9.60. The van der Waals surface area contributed by atoms with Crippen molar-refractivity contribution in [3.8, 4) is 5.75 Å². The van der Waals surface area contributed by atoms with E-state index in [1.54, 1.807) is 19.2 Å². The lowest BCUT2D eigenvalue weighted by molar-refractivity contribution is 0.116. The summed E-state index contributed by atoms with van der Waals surface area (Å²) in [4.78, 5) is 11.9. The summed E-state index contributed by atoms with van der Waals surface area (Å²) in [5.74, 6) is 0.613. The summed E-state index contributed by atoms with van der Waals surface area (Å²) >= 11 is 0. The van der Waals surface area contributed by atoms with E-state index in [2.05, 4.69) is 10.6 Å². The Morgan fingerprint density at radius 2 is 1.95 bits per heavy atom. The predicted octanol–water partition coefficient (Wildman–Crippen LogP) is 2.62. The molecule has 0 radical (unpaired) electrons. The van der Waals surface area contributed by atoms with E-state index >= 15 is 0 Å². The van der Waals surface area contributed by atoms with Gasteiger partial charge in [0, 0.05) is 12.0 Å². The van der Waals surface area contributed by atoms with Crippen LogP contribution >= 0.6 is 0 Å². The molecule has 0 saturated heterocycles. The Hall–Kier alpha value is -1.75. The molecule has 112 valence electrons. The number of hydrogen-bond donors (Lipinski definition) is 3. The molecule has 0 bridgehead atoms. The Morgan fingerprint density at radius 1 is 1.30 bits per heavy atom. The Bertz CT molecular complexity index is 423. The van der Waals surface area contributed by atoms with Gasteiger partial charge in [0.05, 0.1) is 19.4 Å². The van der Waals surface area contributed by atoms with Gasteiger partial charge < -0.3 is 20.5 Å². The number of para-hydroxylation sites is 2. The van der Waals surface area contributed by atoms with Gasteiger partial charge in [-0.05, 0) is 25.0 Å². The second kappa shape index (κ2) is 7.75. The Balaban J connectivity index is 2.60. The van der Waals surface area contributed by atoms with Crippen molar-refractivity contribution >= 4 is 11.7 Å². The van der Waals surface area contributed by atoms with E-state index < -0.39 is 0 Å². The second-order valence-corrected chi connectivity index (χ2v) is 4.87. The third-order valence-electron chi connectivity index (χ3n) is 3.81. The van der Waals surface area contributed by atoms with Gasteiger partial charge in [-0.3, -0.25) is 0 Å². The van der Waals surface area contributed by atoms with Crippen LogP contribution in [0.4, 0.5) is 10.5 Å². The first kappa shape index (κ1) is 16.3. The van der Waals surface area contributed by atoms with Crippen molar-refractivity contribution in [1.82, 2.24) is 5.32 Å². The number of amides is 2. The van der Waals surface area contributed by atoms with E-state index in [0.29, 0.717) is 18.0 Å². The van der Waals surface area contributed by atoms with Crippen molar-refractivity contribution in [3.05, 3.63) is 24.3 Å². The van der Waals surface area contributed by atoms with Crippen molar-refractivity contribution in [2.75, 3.05) is 25.6 Å². The van der Waals surface area contributed by atoms with Crippen molar-refractivity contribution in [2.24, 2.45) is 5.41 Å². The number of aliphatic hydroxyl groups is 1. The molecular weight excluding hydrogens is 256 g/mol. The molecule has 20 heavy (non-hydrogen) atoms. The molecular formula is C15H24N2O3. The highest BCUT2D eigenvalue weighted by Gasteiger charge is 2.25. The lowest BCUT2D eigenvalue weighted by atomic mass is 9.83. The number of hydrogen-bond acceptors (Lipinski definition) is 3. The molecule has 1 aromatic carbocycles. The maximum atomic E-state index is 11.9. The van der Waals surface area contributed by atoms with Crippen LogP contribution in [-0.2, 0) is 0 Å². The Labute approximate surface area is 120 Å². The van der Waals surface area contributed by atoms with Gasteiger partial charge in [0.1, 0.15) is 5.75 Å². The summed E-state index contributed by atoms with van der Waals surface area (Å²) in [5.41, 5.74) is 0.369. The first-order valence-electron chi connectivity index (χ1n) is 6.89. The van der Waals surface area contributed by atoms with Gasteiger partial charge in [0.2, 0.25) is 0 Å². The zero-order chi connectivity index (χ0) is 15.0. The fourth-order valence-electron chi connectivity index (χ4n) is 1.96. The fourth-order valence-corrected chi connectivity index (χ4v) is 1.96. The van der Waals surface area contributed by atoms with Crippen molar-refractivity contribution in [2.45, 2.75) is 26.7 Å². The van der Waals surface area contributed by atoms with Crippen LogP contribution in [-0.4, -0.2) is 31.4 Å². The van der Waals surface area contributed by atoms with Crippen LogP contribution in [0.1, 0.15) is 26.7 Å². The van der Waals surface area contributed by atoms with Crippen LogP contribution in [0, 0.1) is 5.41 Å². The fraction of sp³-hybridized carbons (Fsp3) is 0.533. The molecule has 5 nitrogen and oxygen atoms in total. The molecule has 0 saturated carbocycles. The number of rotatable bonds is 7. The van der Waals surface area contributed by atoms with Gasteiger partial charge in [-0.15, -0.1) is 0 Å². The predicted molar refractivity (Wildman–Crippen MR) is 80.1 cm³/mol. The number of nitrogens with one attached hydrogen (secondary N) is 2. The van der Waals surface area contributed by atoms with Crippen LogP contribution in [0.3, 0.4) is 0 Å². The van der Waals surface area contributed by atoms with Gasteiger partial charge in [0.25, 0.3) is 0 Å². The normalized spacial score (nSPS) is 11.0. The zero-order valence-electron chi connectivity index (χ0n) is 12.4. The van der Waals surface area contributed by atoms with Gasteiger partial charge in [-0.1, -0.05) is 26.0 Å². The van der Waals surface area contributed by atoms with E-state index in [9.17, 15) is 9.90 Å². The van der Waals surface area contributed by atoms with Gasteiger partial charge in [-0.25, -0.2) is 4.79 Å². The standard InChI is InChI=1S/C15H24N2O3/c1-4-15(5-2,11-18)10-16-14(19)17-12-8-6-7-9-13(12)20-3/h6-9,18H,4-5,10-11H2,1-3H3,(H2,16,17,19). The molecule has 1 rings (SSSR count).